The quantitative estimate of drug-likeness (QED) is 0.217. The number of nitrogens with one attached hydrogen (secondary N) is 1. The Morgan fingerprint density at radius 3 is 2.09 bits per heavy atom. The number of hydrogen-bond donors (Lipinski definition) is 1. The minimum absolute atomic E-state index is 0.747. The van der Waals surface area contributed by atoms with Crippen LogP contribution in [0.15, 0.2) is 11.6 Å². The van der Waals surface area contributed by atoms with Gasteiger partial charge in [0.15, 0.2) is 0 Å². The van der Waals surface area contributed by atoms with Crippen LogP contribution in [0, 0.1) is 0 Å². The Balaban J connectivity index is 4.16. The number of hydrogen-bond acceptors (Lipinski definition) is 1. The van der Waals surface area contributed by atoms with E-state index in [0.717, 1.165) is 6.04 Å². The van der Waals surface area contributed by atoms with Crippen molar-refractivity contribution < 1.29 is 0 Å². The molecule has 0 heterocycles. The highest BCUT2D eigenvalue weighted by Gasteiger charge is 2.07. The summed E-state index contributed by atoms with van der Waals surface area (Å²) in [5, 5.41) is 3.74. The maximum absolute atomic E-state index is 3.74. The van der Waals surface area contributed by atoms with Crippen LogP contribution in [0.25, 0.3) is 0 Å². The zero-order valence-corrected chi connectivity index (χ0v) is 16.8. The van der Waals surface area contributed by atoms with E-state index in [-0.39, 0.29) is 0 Å². The summed E-state index contributed by atoms with van der Waals surface area (Å²) >= 11 is 0. The lowest BCUT2D eigenvalue weighted by molar-refractivity contribution is 0.436. The third-order valence-corrected chi connectivity index (χ3v) is 4.71. The first-order valence-corrected chi connectivity index (χ1v) is 10.7. The van der Waals surface area contributed by atoms with Crippen molar-refractivity contribution in [3.8, 4) is 0 Å². The van der Waals surface area contributed by atoms with E-state index in [2.05, 4.69) is 39.1 Å². The van der Waals surface area contributed by atoms with E-state index >= 15 is 0 Å². The predicted octanol–water partition coefficient (Wildman–Crippen LogP) is 7.41. The first kappa shape index (κ1) is 22.7. The van der Waals surface area contributed by atoms with Crippen LogP contribution in [0.1, 0.15) is 118 Å². The van der Waals surface area contributed by atoms with Gasteiger partial charge in [0.25, 0.3) is 0 Å². The average molecular weight is 324 g/mol. The van der Waals surface area contributed by atoms with E-state index in [1.165, 1.54) is 96.4 Å². The molecule has 1 nitrogen and oxygen atoms in total. The molecular formula is C22H45N. The molecule has 23 heavy (non-hydrogen) atoms. The van der Waals surface area contributed by atoms with Gasteiger partial charge in [-0.3, -0.25) is 0 Å². The Hall–Kier alpha value is -0.300. The van der Waals surface area contributed by atoms with Crippen molar-refractivity contribution in [3.05, 3.63) is 11.6 Å². The highest BCUT2D eigenvalue weighted by molar-refractivity contribution is 5.02. The molecule has 0 fully saturated rings. The van der Waals surface area contributed by atoms with E-state index in [1.807, 2.05) is 0 Å². The van der Waals surface area contributed by atoms with Gasteiger partial charge < -0.3 is 5.32 Å². The van der Waals surface area contributed by atoms with Gasteiger partial charge in [0.05, 0.1) is 0 Å². The number of unbranched alkanes of at least 4 members (excludes halogenated alkanes) is 5. The Morgan fingerprint density at radius 2 is 1.43 bits per heavy atom. The van der Waals surface area contributed by atoms with Crippen LogP contribution in [0.2, 0.25) is 0 Å². The lowest BCUT2D eigenvalue weighted by Crippen LogP contribution is -2.29. The van der Waals surface area contributed by atoms with Crippen molar-refractivity contribution >= 4 is 0 Å². The zero-order valence-electron chi connectivity index (χ0n) is 16.8. The monoisotopic (exact) mass is 323 g/mol. The summed E-state index contributed by atoms with van der Waals surface area (Å²) in [7, 11) is 0. The van der Waals surface area contributed by atoms with Crippen molar-refractivity contribution in [1.82, 2.24) is 5.32 Å². The molecule has 1 heteroatoms. The van der Waals surface area contributed by atoms with E-state index in [9.17, 15) is 0 Å². The fourth-order valence-electron chi connectivity index (χ4n) is 3.25. The fourth-order valence-corrected chi connectivity index (χ4v) is 3.25. The van der Waals surface area contributed by atoms with E-state index in [4.69, 9.17) is 0 Å². The molecular weight excluding hydrogens is 278 g/mol. The van der Waals surface area contributed by atoms with Crippen molar-refractivity contribution in [2.45, 2.75) is 124 Å². The lowest BCUT2D eigenvalue weighted by Gasteiger charge is -2.18. The van der Waals surface area contributed by atoms with Gasteiger partial charge in [0.1, 0.15) is 0 Å². The molecule has 1 atom stereocenters. The second-order valence-electron chi connectivity index (χ2n) is 7.15. The highest BCUT2D eigenvalue weighted by atomic mass is 14.9. The third-order valence-electron chi connectivity index (χ3n) is 4.71. The Kier molecular flexibility index (Phi) is 17.8. The van der Waals surface area contributed by atoms with Crippen LogP contribution in [0.4, 0.5) is 0 Å². The van der Waals surface area contributed by atoms with Crippen molar-refractivity contribution in [3.63, 3.8) is 0 Å². The second kappa shape index (κ2) is 18.0. The summed E-state index contributed by atoms with van der Waals surface area (Å²) in [5.41, 5.74) is 1.75. The molecule has 0 aliphatic rings. The summed E-state index contributed by atoms with van der Waals surface area (Å²) in [5.74, 6) is 0. The molecule has 1 unspecified atom stereocenters. The van der Waals surface area contributed by atoms with E-state index in [0.29, 0.717) is 0 Å². The smallest absolute Gasteiger partial charge is 0.00670 e. The molecule has 0 amide bonds. The molecule has 0 aliphatic heterocycles. The standard InChI is InChI=1S/C22H45N/c1-5-9-11-13-17-21(16-12-10-6-2)18-14-19-22(15-7-3)23-20-8-4/h17,22-23H,5-16,18-20H2,1-4H3/b21-17+. The van der Waals surface area contributed by atoms with E-state index < -0.39 is 0 Å². The molecule has 0 spiro atoms. The molecule has 138 valence electrons. The SMILES string of the molecule is CCCCC/C=C(\CCCCC)CCCC(CCC)NCCC. The lowest BCUT2D eigenvalue weighted by atomic mass is 9.97. The molecule has 1 N–H and O–H groups in total. The van der Waals surface area contributed by atoms with Gasteiger partial charge in [-0.25, -0.2) is 0 Å². The molecule has 0 bridgehead atoms. The second-order valence-corrected chi connectivity index (χ2v) is 7.15. The highest BCUT2D eigenvalue weighted by Crippen LogP contribution is 2.19. The van der Waals surface area contributed by atoms with Crippen LogP contribution >= 0.6 is 0 Å². The minimum Gasteiger partial charge on any atom is -0.314 e. The third kappa shape index (κ3) is 15.0. The Bertz CT molecular complexity index is 257. The largest absolute Gasteiger partial charge is 0.314 e. The molecule has 0 aliphatic carbocycles. The molecule has 0 rings (SSSR count). The molecule has 0 saturated heterocycles. The van der Waals surface area contributed by atoms with Gasteiger partial charge in [0, 0.05) is 6.04 Å². The molecule has 0 aromatic carbocycles. The average Bonchev–Trinajstić information content (AvgIpc) is 2.56. The number of allylic oxidation sites excluding steroid dienone is 2. The van der Waals surface area contributed by atoms with E-state index in [1.54, 1.807) is 5.57 Å². The van der Waals surface area contributed by atoms with Gasteiger partial charge in [-0.15, -0.1) is 0 Å². The van der Waals surface area contributed by atoms with Gasteiger partial charge in [0.2, 0.25) is 0 Å². The fraction of sp³-hybridized carbons (Fsp3) is 0.909. The van der Waals surface area contributed by atoms with Crippen molar-refractivity contribution in [1.29, 1.82) is 0 Å². The summed E-state index contributed by atoms with van der Waals surface area (Å²) in [6, 6.07) is 0.747. The molecule has 0 aromatic rings. The zero-order chi connectivity index (χ0) is 17.2. The summed E-state index contributed by atoms with van der Waals surface area (Å²) in [6.45, 7) is 10.4. The summed E-state index contributed by atoms with van der Waals surface area (Å²) in [4.78, 5) is 0. The molecule has 0 saturated carbocycles. The Morgan fingerprint density at radius 1 is 0.739 bits per heavy atom. The molecule has 0 aromatic heterocycles. The van der Waals surface area contributed by atoms with Crippen LogP contribution < -0.4 is 5.32 Å². The van der Waals surface area contributed by atoms with Crippen LogP contribution in [-0.4, -0.2) is 12.6 Å². The topological polar surface area (TPSA) is 12.0 Å². The normalized spacial score (nSPS) is 13.5. The minimum atomic E-state index is 0.747. The van der Waals surface area contributed by atoms with Gasteiger partial charge in [-0.1, -0.05) is 71.4 Å². The predicted molar refractivity (Wildman–Crippen MR) is 107 cm³/mol. The van der Waals surface area contributed by atoms with Crippen LogP contribution in [0.3, 0.4) is 0 Å². The summed E-state index contributed by atoms with van der Waals surface area (Å²) in [6.07, 6.45) is 21.4. The first-order valence-electron chi connectivity index (χ1n) is 10.7. The maximum Gasteiger partial charge on any atom is 0.00670 e. The molecule has 0 radical (unpaired) electrons. The van der Waals surface area contributed by atoms with Gasteiger partial charge >= 0.3 is 0 Å². The summed E-state index contributed by atoms with van der Waals surface area (Å²) < 4.78 is 0. The van der Waals surface area contributed by atoms with Crippen molar-refractivity contribution in [2.24, 2.45) is 0 Å². The van der Waals surface area contributed by atoms with Gasteiger partial charge in [-0.05, 0) is 64.3 Å². The number of rotatable bonds is 17. The first-order chi connectivity index (χ1) is 11.3. The van der Waals surface area contributed by atoms with Gasteiger partial charge in [-0.2, -0.15) is 0 Å². The van der Waals surface area contributed by atoms with Crippen molar-refractivity contribution in [2.75, 3.05) is 6.54 Å². The van der Waals surface area contributed by atoms with Crippen LogP contribution in [0.5, 0.6) is 0 Å². The van der Waals surface area contributed by atoms with Crippen LogP contribution in [-0.2, 0) is 0 Å². The Labute approximate surface area is 147 Å². The maximum atomic E-state index is 3.74.